The SMILES string of the molecule is CSCCC(NC(=O)C(N)CCC(=O)O)C(=O)NC(CCSC)C(=O)NC(Cc1ccc(O)cc1)C(=O)O. The molecule has 14 heteroatoms. The molecule has 0 saturated carbocycles. The molecule has 0 aliphatic rings. The molecule has 0 aliphatic carbocycles. The fourth-order valence-electron chi connectivity index (χ4n) is 3.31. The van der Waals surface area contributed by atoms with E-state index in [-0.39, 0.29) is 37.9 Å². The molecule has 0 radical (unpaired) electrons. The summed E-state index contributed by atoms with van der Waals surface area (Å²) in [7, 11) is 0. The van der Waals surface area contributed by atoms with Gasteiger partial charge in [-0.3, -0.25) is 19.2 Å². The van der Waals surface area contributed by atoms with Gasteiger partial charge in [0.25, 0.3) is 0 Å². The molecule has 0 aliphatic heterocycles. The summed E-state index contributed by atoms with van der Waals surface area (Å²) in [6.45, 7) is 0. The van der Waals surface area contributed by atoms with Crippen LogP contribution in [-0.4, -0.2) is 93.2 Å². The number of nitrogens with one attached hydrogen (secondary N) is 3. The first kappa shape index (κ1) is 33.1. The van der Waals surface area contributed by atoms with Crippen LogP contribution in [0.5, 0.6) is 5.75 Å². The molecular weight excluding hydrogens is 536 g/mol. The molecule has 3 amide bonds. The minimum Gasteiger partial charge on any atom is -0.508 e. The Morgan fingerprint density at radius 1 is 0.789 bits per heavy atom. The summed E-state index contributed by atoms with van der Waals surface area (Å²) in [6, 6.07) is 1.42. The van der Waals surface area contributed by atoms with E-state index in [1.165, 1.54) is 35.7 Å². The molecule has 0 fully saturated rings. The summed E-state index contributed by atoms with van der Waals surface area (Å²) < 4.78 is 0. The molecule has 0 heterocycles. The van der Waals surface area contributed by atoms with E-state index < -0.39 is 53.8 Å². The van der Waals surface area contributed by atoms with Crippen LogP contribution in [0.4, 0.5) is 0 Å². The highest BCUT2D eigenvalue weighted by Crippen LogP contribution is 2.12. The smallest absolute Gasteiger partial charge is 0.326 e. The number of rotatable bonds is 18. The van der Waals surface area contributed by atoms with E-state index in [0.717, 1.165) is 0 Å². The number of hydrogen-bond acceptors (Lipinski definition) is 9. The van der Waals surface area contributed by atoms with E-state index in [4.69, 9.17) is 10.8 Å². The van der Waals surface area contributed by atoms with Crippen LogP contribution in [0.2, 0.25) is 0 Å². The van der Waals surface area contributed by atoms with Crippen molar-refractivity contribution in [3.8, 4) is 5.75 Å². The summed E-state index contributed by atoms with van der Waals surface area (Å²) in [5, 5.41) is 35.5. The predicted octanol–water partition coefficient (Wildman–Crippen LogP) is 0.172. The number of carbonyl (C=O) groups excluding carboxylic acids is 3. The van der Waals surface area contributed by atoms with Gasteiger partial charge in [0.15, 0.2) is 0 Å². The van der Waals surface area contributed by atoms with Crippen molar-refractivity contribution in [2.75, 3.05) is 24.0 Å². The lowest BCUT2D eigenvalue weighted by atomic mass is 10.0. The fourth-order valence-corrected chi connectivity index (χ4v) is 4.25. The maximum absolute atomic E-state index is 13.1. The number of carbonyl (C=O) groups is 5. The molecule has 212 valence electrons. The Morgan fingerprint density at radius 2 is 1.26 bits per heavy atom. The molecule has 1 aromatic carbocycles. The quantitative estimate of drug-likeness (QED) is 0.126. The maximum atomic E-state index is 13.1. The monoisotopic (exact) mass is 572 g/mol. The highest BCUT2D eigenvalue weighted by molar-refractivity contribution is 7.98. The zero-order chi connectivity index (χ0) is 28.7. The number of nitrogens with two attached hydrogens (primary N) is 1. The zero-order valence-corrected chi connectivity index (χ0v) is 23.0. The Balaban J connectivity index is 2.96. The number of aliphatic carboxylic acids is 2. The molecule has 0 spiro atoms. The molecule has 4 atom stereocenters. The predicted molar refractivity (Wildman–Crippen MR) is 146 cm³/mol. The van der Waals surface area contributed by atoms with Crippen LogP contribution in [0, 0.1) is 0 Å². The Bertz CT molecular complexity index is 948. The number of carboxylic acid groups (broad SMARTS) is 2. The molecule has 0 bridgehead atoms. The summed E-state index contributed by atoms with van der Waals surface area (Å²) in [5.74, 6) is -3.34. The minimum atomic E-state index is -1.28. The van der Waals surface area contributed by atoms with Gasteiger partial charge in [-0.15, -0.1) is 0 Å². The zero-order valence-electron chi connectivity index (χ0n) is 21.3. The molecule has 8 N–H and O–H groups in total. The van der Waals surface area contributed by atoms with Crippen LogP contribution in [0.25, 0.3) is 0 Å². The summed E-state index contributed by atoms with van der Waals surface area (Å²) in [6.07, 6.45) is 3.65. The van der Waals surface area contributed by atoms with Gasteiger partial charge in [-0.2, -0.15) is 23.5 Å². The van der Waals surface area contributed by atoms with Gasteiger partial charge >= 0.3 is 11.9 Å². The van der Waals surface area contributed by atoms with Gasteiger partial charge in [0.1, 0.15) is 23.9 Å². The van der Waals surface area contributed by atoms with Crippen LogP contribution >= 0.6 is 23.5 Å². The molecule has 38 heavy (non-hydrogen) atoms. The summed E-state index contributed by atoms with van der Waals surface area (Å²) in [5.41, 5.74) is 6.35. The second kappa shape index (κ2) is 17.5. The topological polar surface area (TPSA) is 208 Å². The fraction of sp³-hybridized carbons (Fsp3) is 0.542. The third kappa shape index (κ3) is 12.5. The number of phenols is 1. The van der Waals surface area contributed by atoms with Gasteiger partial charge in [-0.05, 0) is 61.0 Å². The maximum Gasteiger partial charge on any atom is 0.326 e. The van der Waals surface area contributed by atoms with Crippen molar-refractivity contribution in [1.29, 1.82) is 0 Å². The van der Waals surface area contributed by atoms with Crippen molar-refractivity contribution >= 4 is 53.2 Å². The van der Waals surface area contributed by atoms with Gasteiger partial charge in [0.05, 0.1) is 6.04 Å². The Morgan fingerprint density at radius 3 is 1.71 bits per heavy atom. The first-order chi connectivity index (χ1) is 18.0. The van der Waals surface area contributed by atoms with E-state index >= 15 is 0 Å². The third-order valence-corrected chi connectivity index (χ3v) is 6.77. The van der Waals surface area contributed by atoms with Crippen LogP contribution in [0.3, 0.4) is 0 Å². The van der Waals surface area contributed by atoms with Gasteiger partial charge in [0.2, 0.25) is 17.7 Å². The Hall–Kier alpha value is -2.97. The van der Waals surface area contributed by atoms with Crippen molar-refractivity contribution in [2.24, 2.45) is 5.73 Å². The van der Waals surface area contributed by atoms with Crippen molar-refractivity contribution in [3.05, 3.63) is 29.8 Å². The number of aromatic hydroxyl groups is 1. The molecule has 1 rings (SSSR count). The van der Waals surface area contributed by atoms with Gasteiger partial charge in [-0.1, -0.05) is 12.1 Å². The average Bonchev–Trinajstić information content (AvgIpc) is 2.87. The van der Waals surface area contributed by atoms with Crippen LogP contribution in [0.1, 0.15) is 31.2 Å². The molecule has 12 nitrogen and oxygen atoms in total. The lowest BCUT2D eigenvalue weighted by molar-refractivity contribution is -0.142. The van der Waals surface area contributed by atoms with Crippen LogP contribution in [0.15, 0.2) is 24.3 Å². The number of benzene rings is 1. The van der Waals surface area contributed by atoms with E-state index in [1.54, 1.807) is 12.1 Å². The highest BCUT2D eigenvalue weighted by atomic mass is 32.2. The first-order valence-electron chi connectivity index (χ1n) is 11.9. The minimum absolute atomic E-state index is 0.0236. The lowest BCUT2D eigenvalue weighted by Crippen LogP contribution is -2.57. The first-order valence-corrected chi connectivity index (χ1v) is 14.6. The van der Waals surface area contributed by atoms with Crippen molar-refractivity contribution in [2.45, 2.75) is 56.3 Å². The van der Waals surface area contributed by atoms with Gasteiger partial charge in [0, 0.05) is 12.8 Å². The standard InChI is InChI=1S/C24H36N4O8S2/c1-37-11-9-17(26-21(32)16(25)7-8-20(30)31)22(33)27-18(10-12-38-2)23(34)28-19(24(35)36)13-14-3-5-15(29)6-4-14/h3-6,16-19,29H,7-13,25H2,1-2H3,(H,26,32)(H,27,33)(H,28,34)(H,30,31)(H,35,36). The molecule has 0 aromatic heterocycles. The van der Waals surface area contributed by atoms with Crippen molar-refractivity contribution in [3.63, 3.8) is 0 Å². The number of carboxylic acids is 2. The largest absolute Gasteiger partial charge is 0.508 e. The Kier molecular flexibility index (Phi) is 15.2. The van der Waals surface area contributed by atoms with Crippen molar-refractivity contribution < 1.29 is 39.3 Å². The third-order valence-electron chi connectivity index (χ3n) is 5.48. The second-order valence-corrected chi connectivity index (χ2v) is 10.5. The van der Waals surface area contributed by atoms with E-state index in [0.29, 0.717) is 17.1 Å². The number of phenolic OH excluding ortho intramolecular Hbond substituents is 1. The van der Waals surface area contributed by atoms with Crippen LogP contribution < -0.4 is 21.7 Å². The molecular formula is C24H36N4O8S2. The average molecular weight is 573 g/mol. The normalized spacial score (nSPS) is 14.0. The van der Waals surface area contributed by atoms with Crippen LogP contribution in [-0.2, 0) is 30.4 Å². The van der Waals surface area contributed by atoms with E-state index in [2.05, 4.69) is 16.0 Å². The summed E-state index contributed by atoms with van der Waals surface area (Å²) in [4.78, 5) is 61.2. The lowest BCUT2D eigenvalue weighted by Gasteiger charge is -2.25. The number of thioether (sulfide) groups is 2. The molecule has 4 unspecified atom stereocenters. The second-order valence-electron chi connectivity index (χ2n) is 8.49. The van der Waals surface area contributed by atoms with E-state index in [9.17, 15) is 34.2 Å². The Labute approximate surface area is 229 Å². The van der Waals surface area contributed by atoms with Gasteiger partial charge < -0.3 is 37.0 Å². The summed E-state index contributed by atoms with van der Waals surface area (Å²) >= 11 is 2.89. The van der Waals surface area contributed by atoms with Crippen molar-refractivity contribution in [1.82, 2.24) is 16.0 Å². The van der Waals surface area contributed by atoms with Gasteiger partial charge in [-0.25, -0.2) is 4.79 Å². The molecule has 0 saturated heterocycles. The number of amides is 3. The number of hydrogen-bond donors (Lipinski definition) is 7. The van der Waals surface area contributed by atoms with E-state index in [1.807, 2.05) is 12.5 Å². The highest BCUT2D eigenvalue weighted by Gasteiger charge is 2.30. The molecule has 1 aromatic rings.